The van der Waals surface area contributed by atoms with Crippen molar-refractivity contribution in [1.82, 2.24) is 5.09 Å². The Labute approximate surface area is 52.3 Å². The molecule has 0 saturated carbocycles. The number of carbonyl (C=O) groups excluding carboxylic acids is 1. The van der Waals surface area contributed by atoms with Crippen molar-refractivity contribution in [1.29, 1.82) is 0 Å². The van der Waals surface area contributed by atoms with Gasteiger partial charge >= 0.3 is 0 Å². The third-order valence-electron chi connectivity index (χ3n) is 0.812. The second-order valence-corrected chi connectivity index (χ2v) is 3.01. The quantitative estimate of drug-likeness (QED) is 0.489. The molecule has 0 rings (SSSR count). The second kappa shape index (κ2) is 2.45. The van der Waals surface area contributed by atoms with E-state index in [9.17, 15) is 4.79 Å². The fraction of sp³-hybridized carbons (Fsp3) is 0.800. The van der Waals surface area contributed by atoms with Crippen LogP contribution in [0.3, 0.4) is 0 Å². The average molecular weight is 133 g/mol. The third kappa shape index (κ3) is 2.27. The summed E-state index contributed by atoms with van der Waals surface area (Å²) in [5.74, 6) is 0.0440. The molecule has 2 nitrogen and oxygen atoms in total. The average Bonchev–Trinajstić information content (AvgIpc) is 1.62. The van der Waals surface area contributed by atoms with Crippen molar-refractivity contribution in [2.45, 2.75) is 20.8 Å². The highest BCUT2D eigenvalue weighted by atomic mass is 31.0. The summed E-state index contributed by atoms with van der Waals surface area (Å²) in [6.07, 6.45) is 0. The first-order valence-corrected chi connectivity index (χ1v) is 3.07. The van der Waals surface area contributed by atoms with Gasteiger partial charge in [0.15, 0.2) is 0 Å². The van der Waals surface area contributed by atoms with Gasteiger partial charge in [0.1, 0.15) is 0 Å². The Balaban J connectivity index is 3.82. The van der Waals surface area contributed by atoms with Crippen molar-refractivity contribution in [3.8, 4) is 0 Å². The molecule has 0 saturated heterocycles. The Hall–Kier alpha value is -0.100. The molecule has 0 fully saturated rings. The van der Waals surface area contributed by atoms with Gasteiger partial charge in [-0.1, -0.05) is 20.8 Å². The Kier molecular flexibility index (Phi) is 2.42. The molecule has 0 aliphatic carbocycles. The van der Waals surface area contributed by atoms with E-state index in [2.05, 4.69) is 14.5 Å². The maximum absolute atomic E-state index is 10.7. The Morgan fingerprint density at radius 2 is 1.88 bits per heavy atom. The molecule has 0 radical (unpaired) electrons. The zero-order chi connectivity index (χ0) is 6.78. The van der Waals surface area contributed by atoms with Crippen molar-refractivity contribution >= 4 is 15.3 Å². The lowest BCUT2D eigenvalue weighted by molar-refractivity contribution is -0.126. The van der Waals surface area contributed by atoms with E-state index < -0.39 is 0 Å². The van der Waals surface area contributed by atoms with Crippen LogP contribution < -0.4 is 5.09 Å². The molecule has 1 atom stereocenters. The molecule has 0 spiro atoms. The van der Waals surface area contributed by atoms with Gasteiger partial charge in [0.25, 0.3) is 0 Å². The molecule has 8 heavy (non-hydrogen) atoms. The van der Waals surface area contributed by atoms with E-state index in [1.54, 1.807) is 0 Å². The van der Waals surface area contributed by atoms with Crippen molar-refractivity contribution < 1.29 is 4.79 Å². The minimum Gasteiger partial charge on any atom is -0.340 e. The highest BCUT2D eigenvalue weighted by Gasteiger charge is 2.18. The molecule has 0 bridgehead atoms. The summed E-state index contributed by atoms with van der Waals surface area (Å²) in [7, 11) is 2.18. The summed E-state index contributed by atoms with van der Waals surface area (Å²) in [4.78, 5) is 10.7. The van der Waals surface area contributed by atoms with Gasteiger partial charge < -0.3 is 5.09 Å². The maximum Gasteiger partial charge on any atom is 0.228 e. The molecule has 0 heterocycles. The molecule has 0 aromatic rings. The summed E-state index contributed by atoms with van der Waals surface area (Å²) >= 11 is 0. The lowest BCUT2D eigenvalue weighted by Crippen LogP contribution is -2.28. The third-order valence-corrected chi connectivity index (χ3v) is 1.07. The predicted molar refractivity (Wildman–Crippen MR) is 37.3 cm³/mol. The molecular formula is C5H12NOP. The molecule has 0 aliphatic rings. The lowest BCUT2D eigenvalue weighted by Gasteiger charge is -2.14. The van der Waals surface area contributed by atoms with E-state index in [1.165, 1.54) is 0 Å². The normalized spacial score (nSPS) is 11.0. The van der Waals surface area contributed by atoms with Crippen molar-refractivity contribution in [3.63, 3.8) is 0 Å². The highest BCUT2D eigenvalue weighted by Crippen LogP contribution is 2.12. The Morgan fingerprint density at radius 1 is 1.50 bits per heavy atom. The number of hydrogen-bond acceptors (Lipinski definition) is 1. The van der Waals surface area contributed by atoms with Gasteiger partial charge in [-0.2, -0.15) is 0 Å². The van der Waals surface area contributed by atoms with Gasteiger partial charge in [-0.15, -0.1) is 0 Å². The maximum atomic E-state index is 10.7. The van der Waals surface area contributed by atoms with Crippen LogP contribution in [0.25, 0.3) is 0 Å². The first-order chi connectivity index (χ1) is 3.48. The summed E-state index contributed by atoms with van der Waals surface area (Å²) < 4.78 is 0. The van der Waals surface area contributed by atoms with Crippen LogP contribution in [0.5, 0.6) is 0 Å². The van der Waals surface area contributed by atoms with Crippen molar-refractivity contribution in [2.75, 3.05) is 0 Å². The van der Waals surface area contributed by atoms with Crippen LogP contribution >= 0.6 is 9.39 Å². The van der Waals surface area contributed by atoms with Crippen LogP contribution in [-0.4, -0.2) is 5.91 Å². The van der Waals surface area contributed by atoms with E-state index in [-0.39, 0.29) is 11.3 Å². The van der Waals surface area contributed by atoms with Crippen molar-refractivity contribution in [2.24, 2.45) is 5.41 Å². The minimum absolute atomic E-state index is 0.0440. The number of hydrogen-bond donors (Lipinski definition) is 1. The summed E-state index contributed by atoms with van der Waals surface area (Å²) in [5.41, 5.74) is -0.262. The van der Waals surface area contributed by atoms with Crippen LogP contribution in [0, 0.1) is 5.41 Å². The molecule has 48 valence electrons. The molecule has 0 aliphatic heterocycles. The Bertz CT molecular complexity index is 95.1. The van der Waals surface area contributed by atoms with Crippen LogP contribution in [0.15, 0.2) is 0 Å². The van der Waals surface area contributed by atoms with Crippen molar-refractivity contribution in [3.05, 3.63) is 0 Å². The van der Waals surface area contributed by atoms with Gasteiger partial charge in [-0.25, -0.2) is 0 Å². The molecule has 3 heteroatoms. The fourth-order valence-electron chi connectivity index (χ4n) is 0.217. The number of amides is 1. The Morgan fingerprint density at radius 3 is 1.88 bits per heavy atom. The highest BCUT2D eigenvalue weighted by molar-refractivity contribution is 7.15. The summed E-state index contributed by atoms with van der Waals surface area (Å²) in [5, 5.41) is 2.48. The van der Waals surface area contributed by atoms with Gasteiger partial charge in [0.2, 0.25) is 5.91 Å². The number of rotatable bonds is 0. The first kappa shape index (κ1) is 7.90. The molecule has 0 aromatic heterocycles. The smallest absolute Gasteiger partial charge is 0.228 e. The van der Waals surface area contributed by atoms with E-state index in [4.69, 9.17) is 0 Å². The van der Waals surface area contributed by atoms with Crippen LogP contribution in [0.4, 0.5) is 0 Å². The predicted octanol–water partition coefficient (Wildman–Crippen LogP) is 0.939. The van der Waals surface area contributed by atoms with E-state index in [0.717, 1.165) is 0 Å². The van der Waals surface area contributed by atoms with E-state index in [0.29, 0.717) is 0 Å². The lowest BCUT2D eigenvalue weighted by atomic mass is 9.96. The van der Waals surface area contributed by atoms with Gasteiger partial charge in [-0.3, -0.25) is 4.79 Å². The number of nitrogens with one attached hydrogen (secondary N) is 1. The molecule has 1 amide bonds. The number of carbonyl (C=O) groups is 1. The zero-order valence-electron chi connectivity index (χ0n) is 5.49. The summed E-state index contributed by atoms with van der Waals surface area (Å²) in [6, 6.07) is 0. The van der Waals surface area contributed by atoms with E-state index >= 15 is 0 Å². The van der Waals surface area contributed by atoms with Gasteiger partial charge in [0.05, 0.1) is 0 Å². The van der Waals surface area contributed by atoms with Gasteiger partial charge in [0, 0.05) is 5.41 Å². The summed E-state index contributed by atoms with van der Waals surface area (Å²) in [6.45, 7) is 5.60. The zero-order valence-corrected chi connectivity index (χ0v) is 6.64. The minimum atomic E-state index is -0.262. The van der Waals surface area contributed by atoms with Crippen LogP contribution in [-0.2, 0) is 4.79 Å². The first-order valence-electron chi connectivity index (χ1n) is 2.49. The van der Waals surface area contributed by atoms with Crippen LogP contribution in [0.1, 0.15) is 20.8 Å². The second-order valence-electron chi connectivity index (χ2n) is 2.72. The molecule has 1 N–H and O–H groups in total. The fourth-order valence-corrected chi connectivity index (χ4v) is 0.650. The van der Waals surface area contributed by atoms with Crippen LogP contribution in [0.2, 0.25) is 0 Å². The SMILES string of the molecule is CC(C)(C)C(=O)NP. The largest absolute Gasteiger partial charge is 0.340 e. The standard InChI is InChI=1S/C5H12NOP/c1-5(2,3)4(7)6-8/h8H2,1-3H3,(H,6,7). The topological polar surface area (TPSA) is 29.1 Å². The molecular weight excluding hydrogens is 121 g/mol. The molecule has 1 unspecified atom stereocenters. The van der Waals surface area contributed by atoms with E-state index in [1.807, 2.05) is 20.8 Å². The molecule has 0 aromatic carbocycles. The monoisotopic (exact) mass is 133 g/mol. The van der Waals surface area contributed by atoms with Gasteiger partial charge in [-0.05, 0) is 9.39 Å².